The molecule has 1 unspecified atom stereocenters. The van der Waals surface area contributed by atoms with Gasteiger partial charge in [-0.3, -0.25) is 9.59 Å². The quantitative estimate of drug-likeness (QED) is 0.433. The van der Waals surface area contributed by atoms with Crippen LogP contribution >= 0.6 is 0 Å². The van der Waals surface area contributed by atoms with Crippen molar-refractivity contribution in [3.8, 4) is 0 Å². The molecule has 0 radical (unpaired) electrons. The largest absolute Gasteiger partial charge is 0.469 e. The SMILES string of the molecule is COC(=O)CCNCC(NC(C)=O)C(=O)OC. The van der Waals surface area contributed by atoms with Crippen LogP contribution < -0.4 is 10.6 Å². The number of esters is 2. The molecule has 0 rings (SSSR count). The molecule has 7 nitrogen and oxygen atoms in total. The van der Waals surface area contributed by atoms with Crippen molar-refractivity contribution in [3.63, 3.8) is 0 Å². The van der Waals surface area contributed by atoms with Gasteiger partial charge >= 0.3 is 11.9 Å². The summed E-state index contributed by atoms with van der Waals surface area (Å²) in [6.07, 6.45) is 0.199. The number of rotatable bonds is 7. The number of hydrogen-bond donors (Lipinski definition) is 2. The van der Waals surface area contributed by atoms with Gasteiger partial charge < -0.3 is 20.1 Å². The third-order valence-corrected chi connectivity index (χ3v) is 1.95. The van der Waals surface area contributed by atoms with Gasteiger partial charge in [0.05, 0.1) is 20.6 Å². The molecule has 0 spiro atoms. The Labute approximate surface area is 99.8 Å². The number of methoxy groups -OCH3 is 2. The lowest BCUT2D eigenvalue weighted by molar-refractivity contribution is -0.144. The van der Waals surface area contributed by atoms with Crippen molar-refractivity contribution < 1.29 is 23.9 Å². The van der Waals surface area contributed by atoms with E-state index < -0.39 is 12.0 Å². The van der Waals surface area contributed by atoms with Crippen LogP contribution in [0.3, 0.4) is 0 Å². The lowest BCUT2D eigenvalue weighted by atomic mass is 10.3. The minimum Gasteiger partial charge on any atom is -0.469 e. The molecule has 0 aromatic carbocycles. The van der Waals surface area contributed by atoms with E-state index >= 15 is 0 Å². The summed E-state index contributed by atoms with van der Waals surface area (Å²) < 4.78 is 8.98. The molecule has 1 amide bonds. The highest BCUT2D eigenvalue weighted by molar-refractivity contribution is 5.83. The second-order valence-electron chi connectivity index (χ2n) is 3.31. The summed E-state index contributed by atoms with van der Waals surface area (Å²) >= 11 is 0. The van der Waals surface area contributed by atoms with Gasteiger partial charge in [-0.05, 0) is 0 Å². The molecule has 17 heavy (non-hydrogen) atoms. The number of carbonyl (C=O) groups excluding carboxylic acids is 3. The second kappa shape index (κ2) is 8.51. The molecular formula is C10H18N2O5. The molecule has 0 aliphatic carbocycles. The van der Waals surface area contributed by atoms with Crippen LogP contribution in [0.4, 0.5) is 0 Å². The van der Waals surface area contributed by atoms with Crippen LogP contribution in [0.1, 0.15) is 13.3 Å². The van der Waals surface area contributed by atoms with Crippen molar-refractivity contribution in [2.24, 2.45) is 0 Å². The second-order valence-corrected chi connectivity index (χ2v) is 3.31. The minimum absolute atomic E-state index is 0.198. The number of nitrogens with one attached hydrogen (secondary N) is 2. The molecule has 0 aliphatic heterocycles. The maximum absolute atomic E-state index is 11.3. The number of amides is 1. The Kier molecular flexibility index (Phi) is 7.70. The van der Waals surface area contributed by atoms with Crippen LogP contribution in [0.15, 0.2) is 0 Å². The van der Waals surface area contributed by atoms with E-state index in [9.17, 15) is 14.4 Å². The topological polar surface area (TPSA) is 93.7 Å². The molecule has 0 saturated heterocycles. The third kappa shape index (κ3) is 7.29. The van der Waals surface area contributed by atoms with E-state index in [0.29, 0.717) is 6.54 Å². The van der Waals surface area contributed by atoms with Crippen molar-refractivity contribution >= 4 is 17.8 Å². The highest BCUT2D eigenvalue weighted by Crippen LogP contribution is 1.88. The number of hydrogen-bond acceptors (Lipinski definition) is 6. The van der Waals surface area contributed by atoms with Gasteiger partial charge in [0.15, 0.2) is 0 Å². The summed E-state index contributed by atoms with van der Waals surface area (Å²) in [4.78, 5) is 32.9. The summed E-state index contributed by atoms with van der Waals surface area (Å²) in [7, 11) is 2.54. The fourth-order valence-electron chi connectivity index (χ4n) is 1.12. The summed E-state index contributed by atoms with van der Waals surface area (Å²) in [5.74, 6) is -1.20. The lowest BCUT2D eigenvalue weighted by Gasteiger charge is -2.15. The average molecular weight is 246 g/mol. The summed E-state index contributed by atoms with van der Waals surface area (Å²) in [6, 6.07) is -0.754. The molecule has 7 heteroatoms. The Bertz CT molecular complexity index is 280. The highest BCUT2D eigenvalue weighted by Gasteiger charge is 2.19. The first-order valence-electron chi connectivity index (χ1n) is 5.13. The minimum atomic E-state index is -0.754. The van der Waals surface area contributed by atoms with Crippen LogP contribution in [-0.2, 0) is 23.9 Å². The molecular weight excluding hydrogens is 228 g/mol. The fraction of sp³-hybridized carbons (Fsp3) is 0.700. The molecule has 98 valence electrons. The average Bonchev–Trinajstić information content (AvgIpc) is 2.31. The van der Waals surface area contributed by atoms with Crippen LogP contribution in [-0.4, -0.2) is 51.2 Å². The Hall–Kier alpha value is -1.63. The summed E-state index contributed by atoms with van der Waals surface area (Å²) in [6.45, 7) is 1.87. The maximum atomic E-state index is 11.3. The van der Waals surface area contributed by atoms with Gasteiger partial charge in [-0.15, -0.1) is 0 Å². The van der Waals surface area contributed by atoms with E-state index in [1.165, 1.54) is 21.1 Å². The molecule has 1 atom stereocenters. The van der Waals surface area contributed by atoms with E-state index in [-0.39, 0.29) is 24.8 Å². The first kappa shape index (κ1) is 15.4. The molecule has 0 heterocycles. The molecule has 0 aromatic rings. The summed E-state index contributed by atoms with van der Waals surface area (Å²) in [5.41, 5.74) is 0. The van der Waals surface area contributed by atoms with Crippen molar-refractivity contribution in [2.45, 2.75) is 19.4 Å². The predicted molar refractivity (Wildman–Crippen MR) is 59.1 cm³/mol. The van der Waals surface area contributed by atoms with Gasteiger partial charge in [0.1, 0.15) is 6.04 Å². The van der Waals surface area contributed by atoms with Crippen LogP contribution in [0.5, 0.6) is 0 Å². The van der Waals surface area contributed by atoms with Crippen molar-refractivity contribution in [3.05, 3.63) is 0 Å². The smallest absolute Gasteiger partial charge is 0.329 e. The van der Waals surface area contributed by atoms with Gasteiger partial charge in [-0.2, -0.15) is 0 Å². The Morgan fingerprint density at radius 2 is 1.82 bits per heavy atom. The molecule has 0 aliphatic rings. The number of carbonyl (C=O) groups is 3. The third-order valence-electron chi connectivity index (χ3n) is 1.95. The standard InChI is InChI=1S/C10H18N2O5/c1-7(13)12-8(10(15)17-3)6-11-5-4-9(14)16-2/h8,11H,4-6H2,1-3H3,(H,12,13). The number of ether oxygens (including phenoxy) is 2. The fourth-order valence-corrected chi connectivity index (χ4v) is 1.12. The van der Waals surface area contributed by atoms with E-state index in [4.69, 9.17) is 0 Å². The monoisotopic (exact) mass is 246 g/mol. The van der Waals surface area contributed by atoms with Gasteiger partial charge in [0.25, 0.3) is 0 Å². The van der Waals surface area contributed by atoms with E-state index in [0.717, 1.165) is 0 Å². The van der Waals surface area contributed by atoms with E-state index in [1.807, 2.05) is 0 Å². The molecule has 2 N–H and O–H groups in total. The summed E-state index contributed by atoms with van der Waals surface area (Å²) in [5, 5.41) is 5.30. The first-order chi connectivity index (χ1) is 8.01. The zero-order chi connectivity index (χ0) is 13.3. The Morgan fingerprint density at radius 3 is 2.29 bits per heavy atom. The normalized spacial score (nSPS) is 11.5. The van der Waals surface area contributed by atoms with Gasteiger partial charge in [0, 0.05) is 20.0 Å². The molecule has 0 bridgehead atoms. The Morgan fingerprint density at radius 1 is 1.18 bits per heavy atom. The molecule has 0 aromatic heterocycles. The first-order valence-corrected chi connectivity index (χ1v) is 5.13. The van der Waals surface area contributed by atoms with E-state index in [1.54, 1.807) is 0 Å². The van der Waals surface area contributed by atoms with Gasteiger partial charge in [0.2, 0.25) is 5.91 Å². The van der Waals surface area contributed by atoms with E-state index in [2.05, 4.69) is 20.1 Å². The zero-order valence-corrected chi connectivity index (χ0v) is 10.2. The van der Waals surface area contributed by atoms with Crippen LogP contribution in [0.2, 0.25) is 0 Å². The van der Waals surface area contributed by atoms with Gasteiger partial charge in [-0.1, -0.05) is 0 Å². The van der Waals surface area contributed by atoms with Crippen molar-refractivity contribution in [1.29, 1.82) is 0 Å². The predicted octanol–water partition coefficient (Wildman–Crippen LogP) is -1.18. The molecule has 0 saturated carbocycles. The zero-order valence-electron chi connectivity index (χ0n) is 10.2. The van der Waals surface area contributed by atoms with Crippen LogP contribution in [0, 0.1) is 0 Å². The molecule has 0 fully saturated rings. The Balaban J connectivity index is 3.95. The van der Waals surface area contributed by atoms with Crippen LogP contribution in [0.25, 0.3) is 0 Å². The van der Waals surface area contributed by atoms with Gasteiger partial charge in [-0.25, -0.2) is 4.79 Å². The highest BCUT2D eigenvalue weighted by atomic mass is 16.5. The van der Waals surface area contributed by atoms with Crippen molar-refractivity contribution in [1.82, 2.24) is 10.6 Å². The lowest BCUT2D eigenvalue weighted by Crippen LogP contribution is -2.47. The maximum Gasteiger partial charge on any atom is 0.329 e. The van der Waals surface area contributed by atoms with Crippen molar-refractivity contribution in [2.75, 3.05) is 27.3 Å².